The Kier molecular flexibility index (Phi) is 2.68. The molecule has 0 aliphatic heterocycles. The molecule has 0 unspecified atom stereocenters. The van der Waals surface area contributed by atoms with Crippen LogP contribution in [0, 0.1) is 16.3 Å². The van der Waals surface area contributed by atoms with Crippen LogP contribution in [0.5, 0.6) is 0 Å². The smallest absolute Gasteiger partial charge is 0.127 e. The highest BCUT2D eigenvalue weighted by atomic mass is 127. The molecule has 1 rings (SSSR count). The summed E-state index contributed by atoms with van der Waals surface area (Å²) in [7, 11) is 0. The van der Waals surface area contributed by atoms with Crippen LogP contribution in [0.2, 0.25) is 0 Å². The van der Waals surface area contributed by atoms with Crippen molar-refractivity contribution in [1.29, 1.82) is 0 Å². The van der Waals surface area contributed by atoms with Gasteiger partial charge in [-0.15, -0.1) is 0 Å². The van der Waals surface area contributed by atoms with Gasteiger partial charge in [0.25, 0.3) is 0 Å². The molecular weight excluding hydrogens is 310 g/mol. The minimum absolute atomic E-state index is 0.160. The minimum atomic E-state index is -0.160. The summed E-state index contributed by atoms with van der Waals surface area (Å²) < 4.78 is 14.6. The van der Waals surface area contributed by atoms with Crippen LogP contribution in [0.15, 0.2) is 16.6 Å². The van der Waals surface area contributed by atoms with Gasteiger partial charge < -0.3 is 0 Å². The predicted octanol–water partition coefficient (Wildman–Crippen LogP) is 3.50. The summed E-state index contributed by atoms with van der Waals surface area (Å²) >= 11 is 5.44. The van der Waals surface area contributed by atoms with E-state index in [9.17, 15) is 4.39 Å². The zero-order chi connectivity index (χ0) is 7.72. The van der Waals surface area contributed by atoms with Gasteiger partial charge in [-0.1, -0.05) is 0 Å². The molecule has 0 aromatic heterocycles. The molecule has 1 aromatic carbocycles. The van der Waals surface area contributed by atoms with E-state index in [1.54, 1.807) is 13.0 Å². The lowest BCUT2D eigenvalue weighted by Gasteiger charge is -2.00. The first-order valence-electron chi connectivity index (χ1n) is 2.73. The van der Waals surface area contributed by atoms with Crippen molar-refractivity contribution in [3.05, 3.63) is 31.6 Å². The van der Waals surface area contributed by atoms with E-state index in [4.69, 9.17) is 0 Å². The molecule has 54 valence electrons. The Bertz CT molecular complexity index is 233. The fraction of sp³-hybridized carbons (Fsp3) is 0.143. The standard InChI is InChI=1S/C7H5BrFI/c1-4-5(9)2-3-6(10)7(4)8/h2-3H,1H3. The largest absolute Gasteiger partial charge is 0.207 e. The third kappa shape index (κ3) is 1.50. The molecule has 0 nitrogen and oxygen atoms in total. The van der Waals surface area contributed by atoms with E-state index in [0.717, 1.165) is 8.04 Å². The first-order chi connectivity index (χ1) is 4.63. The molecule has 0 aliphatic rings. The van der Waals surface area contributed by atoms with Crippen LogP contribution >= 0.6 is 38.5 Å². The molecule has 0 saturated heterocycles. The fourth-order valence-electron chi connectivity index (χ4n) is 0.628. The quantitative estimate of drug-likeness (QED) is 0.508. The lowest BCUT2D eigenvalue weighted by Crippen LogP contribution is -1.85. The van der Waals surface area contributed by atoms with Crippen molar-refractivity contribution in [2.75, 3.05) is 0 Å². The average Bonchev–Trinajstić information content (AvgIpc) is 1.93. The van der Waals surface area contributed by atoms with Gasteiger partial charge >= 0.3 is 0 Å². The van der Waals surface area contributed by atoms with Crippen molar-refractivity contribution in [3.63, 3.8) is 0 Å². The van der Waals surface area contributed by atoms with Crippen LogP contribution in [0.4, 0.5) is 4.39 Å². The molecule has 3 heteroatoms. The normalized spacial score (nSPS) is 10.0. The van der Waals surface area contributed by atoms with Crippen LogP contribution < -0.4 is 0 Å². The second kappa shape index (κ2) is 3.17. The fourth-order valence-corrected chi connectivity index (χ4v) is 1.53. The summed E-state index contributed by atoms with van der Waals surface area (Å²) in [5.41, 5.74) is 0.673. The van der Waals surface area contributed by atoms with E-state index >= 15 is 0 Å². The first kappa shape index (κ1) is 8.46. The average molecular weight is 315 g/mol. The van der Waals surface area contributed by atoms with Crippen LogP contribution in [-0.4, -0.2) is 0 Å². The van der Waals surface area contributed by atoms with E-state index in [-0.39, 0.29) is 5.82 Å². The first-order valence-corrected chi connectivity index (χ1v) is 4.60. The Morgan fingerprint density at radius 1 is 1.50 bits per heavy atom. The SMILES string of the molecule is Cc1c(F)ccc(I)c1Br. The van der Waals surface area contributed by atoms with E-state index in [1.165, 1.54) is 6.07 Å². The van der Waals surface area contributed by atoms with Crippen LogP contribution in [0.1, 0.15) is 5.56 Å². The van der Waals surface area contributed by atoms with Gasteiger partial charge in [0.1, 0.15) is 5.82 Å². The molecule has 0 atom stereocenters. The van der Waals surface area contributed by atoms with Gasteiger partial charge in [-0.3, -0.25) is 0 Å². The second-order valence-corrected chi connectivity index (χ2v) is 3.92. The third-order valence-corrected chi connectivity index (χ3v) is 3.94. The summed E-state index contributed by atoms with van der Waals surface area (Å²) in [6.07, 6.45) is 0. The summed E-state index contributed by atoms with van der Waals surface area (Å²) in [5, 5.41) is 0. The number of hydrogen-bond donors (Lipinski definition) is 0. The number of halogens is 3. The van der Waals surface area contributed by atoms with E-state index in [1.807, 2.05) is 0 Å². The monoisotopic (exact) mass is 314 g/mol. The van der Waals surface area contributed by atoms with Gasteiger partial charge in [-0.2, -0.15) is 0 Å². The molecule has 0 fully saturated rings. The lowest BCUT2D eigenvalue weighted by molar-refractivity contribution is 0.617. The van der Waals surface area contributed by atoms with E-state index in [2.05, 4.69) is 38.5 Å². The molecule has 0 heterocycles. The van der Waals surface area contributed by atoms with Crippen molar-refractivity contribution in [2.45, 2.75) is 6.92 Å². The molecular formula is C7H5BrFI. The van der Waals surface area contributed by atoms with Gasteiger partial charge in [0.05, 0.1) is 0 Å². The van der Waals surface area contributed by atoms with Crippen molar-refractivity contribution in [3.8, 4) is 0 Å². The minimum Gasteiger partial charge on any atom is -0.207 e. The molecule has 0 saturated carbocycles. The van der Waals surface area contributed by atoms with Crippen LogP contribution in [0.3, 0.4) is 0 Å². The maximum absolute atomic E-state index is 12.7. The Morgan fingerprint density at radius 2 is 2.10 bits per heavy atom. The van der Waals surface area contributed by atoms with Gasteiger partial charge in [-0.05, 0) is 63.1 Å². The van der Waals surface area contributed by atoms with Gasteiger partial charge in [0.15, 0.2) is 0 Å². The zero-order valence-corrected chi connectivity index (χ0v) is 9.03. The third-order valence-electron chi connectivity index (χ3n) is 1.27. The molecule has 10 heavy (non-hydrogen) atoms. The maximum atomic E-state index is 12.7. The zero-order valence-electron chi connectivity index (χ0n) is 5.29. The molecule has 0 spiro atoms. The van der Waals surface area contributed by atoms with Gasteiger partial charge in [0, 0.05) is 8.04 Å². The summed E-state index contributed by atoms with van der Waals surface area (Å²) in [6.45, 7) is 1.75. The number of benzene rings is 1. The highest BCUT2D eigenvalue weighted by Gasteiger charge is 2.03. The van der Waals surface area contributed by atoms with Crippen molar-refractivity contribution in [1.82, 2.24) is 0 Å². The second-order valence-electron chi connectivity index (χ2n) is 1.97. The summed E-state index contributed by atoms with van der Waals surface area (Å²) in [6, 6.07) is 3.22. The van der Waals surface area contributed by atoms with Crippen molar-refractivity contribution < 1.29 is 4.39 Å². The van der Waals surface area contributed by atoms with Crippen molar-refractivity contribution >= 4 is 38.5 Å². The Balaban J connectivity index is 3.34. The number of hydrogen-bond acceptors (Lipinski definition) is 0. The Morgan fingerprint density at radius 3 is 2.60 bits per heavy atom. The lowest BCUT2D eigenvalue weighted by atomic mass is 10.2. The van der Waals surface area contributed by atoms with Crippen LogP contribution in [0.25, 0.3) is 0 Å². The number of rotatable bonds is 0. The molecule has 1 aromatic rings. The maximum Gasteiger partial charge on any atom is 0.127 e. The Hall–Kier alpha value is 0.360. The Labute approximate surface area is 81.1 Å². The van der Waals surface area contributed by atoms with E-state index < -0.39 is 0 Å². The summed E-state index contributed by atoms with van der Waals surface area (Å²) in [5.74, 6) is -0.160. The molecule has 0 bridgehead atoms. The predicted molar refractivity (Wildman–Crippen MR) is 51.6 cm³/mol. The van der Waals surface area contributed by atoms with Gasteiger partial charge in [-0.25, -0.2) is 4.39 Å². The summed E-state index contributed by atoms with van der Waals surface area (Å²) in [4.78, 5) is 0. The van der Waals surface area contributed by atoms with E-state index in [0.29, 0.717) is 5.56 Å². The molecule has 0 amide bonds. The molecule has 0 N–H and O–H groups in total. The van der Waals surface area contributed by atoms with Crippen LogP contribution in [-0.2, 0) is 0 Å². The topological polar surface area (TPSA) is 0 Å². The highest BCUT2D eigenvalue weighted by Crippen LogP contribution is 2.24. The van der Waals surface area contributed by atoms with Gasteiger partial charge in [0.2, 0.25) is 0 Å². The molecule has 0 radical (unpaired) electrons. The van der Waals surface area contributed by atoms with Crippen molar-refractivity contribution in [2.24, 2.45) is 0 Å². The molecule has 0 aliphatic carbocycles. The highest BCUT2D eigenvalue weighted by molar-refractivity contribution is 14.1.